The molecular formula is C14H12I2O. The monoisotopic (exact) mass is 450 g/mol. The van der Waals surface area contributed by atoms with Crippen LogP contribution in [0.1, 0.15) is 28.1 Å². The fourth-order valence-corrected chi connectivity index (χ4v) is 5.12. The van der Waals surface area contributed by atoms with E-state index in [0.717, 1.165) is 12.2 Å². The SMILES string of the molecule is Ic1c(-c2ccccc2)oc2c1C(I)CCC2. The van der Waals surface area contributed by atoms with Crippen molar-refractivity contribution >= 4 is 45.2 Å². The molecule has 1 aliphatic carbocycles. The minimum absolute atomic E-state index is 0.615. The van der Waals surface area contributed by atoms with Crippen molar-refractivity contribution in [1.29, 1.82) is 0 Å². The van der Waals surface area contributed by atoms with Gasteiger partial charge in [-0.1, -0.05) is 52.9 Å². The highest BCUT2D eigenvalue weighted by atomic mass is 127. The molecule has 1 unspecified atom stereocenters. The first-order chi connectivity index (χ1) is 8.27. The Labute approximate surface area is 128 Å². The molecule has 1 heterocycles. The Bertz CT molecular complexity index is 531. The van der Waals surface area contributed by atoms with Crippen molar-refractivity contribution in [2.24, 2.45) is 0 Å². The molecule has 0 radical (unpaired) electrons. The molecule has 2 aromatic rings. The lowest BCUT2D eigenvalue weighted by Crippen LogP contribution is -2.02. The van der Waals surface area contributed by atoms with Crippen LogP contribution in [0.2, 0.25) is 0 Å². The Morgan fingerprint density at radius 2 is 1.94 bits per heavy atom. The number of benzene rings is 1. The number of furan rings is 1. The number of halogens is 2. The zero-order valence-corrected chi connectivity index (χ0v) is 13.6. The van der Waals surface area contributed by atoms with Crippen molar-refractivity contribution in [3.63, 3.8) is 0 Å². The van der Waals surface area contributed by atoms with Crippen molar-refractivity contribution in [3.05, 3.63) is 45.2 Å². The van der Waals surface area contributed by atoms with Gasteiger partial charge < -0.3 is 4.42 Å². The molecule has 3 rings (SSSR count). The molecule has 0 N–H and O–H groups in total. The largest absolute Gasteiger partial charge is 0.460 e. The molecule has 1 aromatic carbocycles. The van der Waals surface area contributed by atoms with Gasteiger partial charge >= 0.3 is 0 Å². The summed E-state index contributed by atoms with van der Waals surface area (Å²) in [6.45, 7) is 0. The van der Waals surface area contributed by atoms with Gasteiger partial charge in [-0.15, -0.1) is 0 Å². The van der Waals surface area contributed by atoms with Gasteiger partial charge in [-0.05, 0) is 35.4 Å². The fraction of sp³-hybridized carbons (Fsp3) is 0.286. The number of fused-ring (bicyclic) bond motifs is 1. The third-order valence-corrected chi connectivity index (χ3v) is 5.49. The predicted molar refractivity (Wildman–Crippen MR) is 86.6 cm³/mol. The molecule has 1 nitrogen and oxygen atoms in total. The van der Waals surface area contributed by atoms with Crippen molar-refractivity contribution in [3.8, 4) is 11.3 Å². The number of hydrogen-bond acceptors (Lipinski definition) is 1. The Kier molecular flexibility index (Phi) is 3.47. The van der Waals surface area contributed by atoms with Crippen LogP contribution in [0.25, 0.3) is 11.3 Å². The lowest BCUT2D eigenvalue weighted by Gasteiger charge is -2.15. The highest BCUT2D eigenvalue weighted by Crippen LogP contribution is 2.44. The van der Waals surface area contributed by atoms with E-state index in [1.807, 2.05) is 6.07 Å². The number of hydrogen-bond donors (Lipinski definition) is 0. The minimum atomic E-state index is 0.615. The molecule has 1 aliphatic rings. The zero-order chi connectivity index (χ0) is 11.8. The second kappa shape index (κ2) is 4.91. The summed E-state index contributed by atoms with van der Waals surface area (Å²) < 4.78 is 8.00. The number of aryl methyl sites for hydroxylation is 1. The van der Waals surface area contributed by atoms with Gasteiger partial charge in [0.2, 0.25) is 0 Å². The molecule has 88 valence electrons. The van der Waals surface area contributed by atoms with E-state index in [1.54, 1.807) is 0 Å². The van der Waals surface area contributed by atoms with E-state index in [2.05, 4.69) is 69.4 Å². The van der Waals surface area contributed by atoms with Gasteiger partial charge in [0.25, 0.3) is 0 Å². The van der Waals surface area contributed by atoms with Crippen LogP contribution in [-0.2, 0) is 6.42 Å². The third kappa shape index (κ3) is 2.16. The average molecular weight is 450 g/mol. The Morgan fingerprint density at radius 1 is 1.18 bits per heavy atom. The normalized spacial score (nSPS) is 19.1. The quantitative estimate of drug-likeness (QED) is 0.421. The van der Waals surface area contributed by atoms with E-state index in [9.17, 15) is 0 Å². The van der Waals surface area contributed by atoms with Crippen LogP contribution in [0.3, 0.4) is 0 Å². The fourth-order valence-electron chi connectivity index (χ4n) is 2.33. The Balaban J connectivity index is 2.14. The molecule has 0 spiro atoms. The van der Waals surface area contributed by atoms with Gasteiger partial charge in [-0.25, -0.2) is 0 Å². The average Bonchev–Trinajstić information content (AvgIpc) is 2.69. The first kappa shape index (κ1) is 12.0. The molecule has 3 heteroatoms. The van der Waals surface area contributed by atoms with Gasteiger partial charge in [0.05, 0.1) is 3.57 Å². The van der Waals surface area contributed by atoms with Crippen LogP contribution in [-0.4, -0.2) is 0 Å². The topological polar surface area (TPSA) is 13.1 Å². The Morgan fingerprint density at radius 3 is 2.65 bits per heavy atom. The van der Waals surface area contributed by atoms with Gasteiger partial charge in [-0.2, -0.15) is 0 Å². The van der Waals surface area contributed by atoms with E-state index in [0.29, 0.717) is 3.92 Å². The molecule has 0 bridgehead atoms. The van der Waals surface area contributed by atoms with E-state index >= 15 is 0 Å². The van der Waals surface area contributed by atoms with E-state index in [-0.39, 0.29) is 0 Å². The molecule has 0 aliphatic heterocycles. The molecule has 0 saturated carbocycles. The van der Waals surface area contributed by atoms with Gasteiger partial charge in [-0.3, -0.25) is 0 Å². The first-order valence-corrected chi connectivity index (χ1v) is 8.10. The number of alkyl halides is 1. The maximum atomic E-state index is 6.08. The highest BCUT2D eigenvalue weighted by Gasteiger charge is 2.27. The summed E-state index contributed by atoms with van der Waals surface area (Å²) in [6.07, 6.45) is 3.62. The van der Waals surface area contributed by atoms with Gasteiger partial charge in [0.1, 0.15) is 11.5 Å². The molecule has 17 heavy (non-hydrogen) atoms. The molecule has 0 saturated heterocycles. The summed E-state index contributed by atoms with van der Waals surface area (Å²) in [5.41, 5.74) is 2.63. The van der Waals surface area contributed by atoms with E-state index in [4.69, 9.17) is 4.42 Å². The van der Waals surface area contributed by atoms with E-state index in [1.165, 1.54) is 33.3 Å². The van der Waals surface area contributed by atoms with Crippen molar-refractivity contribution < 1.29 is 4.42 Å². The molecule has 0 fully saturated rings. The van der Waals surface area contributed by atoms with Crippen LogP contribution >= 0.6 is 45.2 Å². The molecule has 0 amide bonds. The predicted octanol–water partition coefficient (Wildman–Crippen LogP) is 5.36. The lowest BCUT2D eigenvalue weighted by molar-refractivity contribution is 0.488. The maximum Gasteiger partial charge on any atom is 0.147 e. The summed E-state index contributed by atoms with van der Waals surface area (Å²) >= 11 is 4.98. The third-order valence-electron chi connectivity index (χ3n) is 3.17. The van der Waals surface area contributed by atoms with Crippen LogP contribution < -0.4 is 0 Å². The van der Waals surface area contributed by atoms with Crippen molar-refractivity contribution in [2.75, 3.05) is 0 Å². The summed E-state index contributed by atoms with van der Waals surface area (Å²) in [5, 5.41) is 0. The smallest absolute Gasteiger partial charge is 0.147 e. The molecule has 1 atom stereocenters. The summed E-state index contributed by atoms with van der Waals surface area (Å²) in [5.74, 6) is 2.26. The lowest BCUT2D eigenvalue weighted by atomic mass is 9.98. The van der Waals surface area contributed by atoms with Crippen molar-refractivity contribution in [1.82, 2.24) is 0 Å². The summed E-state index contributed by atoms with van der Waals surface area (Å²) in [4.78, 5) is 0. The van der Waals surface area contributed by atoms with Gasteiger partial charge in [0, 0.05) is 21.5 Å². The number of rotatable bonds is 1. The van der Waals surface area contributed by atoms with E-state index < -0.39 is 0 Å². The summed E-state index contributed by atoms with van der Waals surface area (Å²) in [6, 6.07) is 10.4. The standard InChI is InChI=1S/C14H12I2O/c15-10-7-4-8-11-12(10)13(16)14(17-11)9-5-2-1-3-6-9/h1-3,5-6,10H,4,7-8H2. The second-order valence-corrected chi connectivity index (χ2v) is 6.89. The van der Waals surface area contributed by atoms with Crippen LogP contribution in [0, 0.1) is 3.57 Å². The highest BCUT2D eigenvalue weighted by molar-refractivity contribution is 14.1. The molecular weight excluding hydrogens is 438 g/mol. The Hall–Kier alpha value is -0.0400. The first-order valence-electron chi connectivity index (χ1n) is 5.78. The van der Waals surface area contributed by atoms with Crippen molar-refractivity contribution in [2.45, 2.75) is 23.2 Å². The minimum Gasteiger partial charge on any atom is -0.460 e. The maximum absolute atomic E-state index is 6.08. The zero-order valence-electron chi connectivity index (χ0n) is 9.25. The summed E-state index contributed by atoms with van der Waals surface area (Å²) in [7, 11) is 0. The van der Waals surface area contributed by atoms with Crippen LogP contribution in [0.5, 0.6) is 0 Å². The van der Waals surface area contributed by atoms with Crippen LogP contribution in [0.4, 0.5) is 0 Å². The van der Waals surface area contributed by atoms with Crippen LogP contribution in [0.15, 0.2) is 34.7 Å². The second-order valence-electron chi connectivity index (χ2n) is 4.31. The molecule has 1 aromatic heterocycles. The van der Waals surface area contributed by atoms with Gasteiger partial charge in [0.15, 0.2) is 0 Å².